The number of aromatic nitrogens is 4. The number of nitrogens with one attached hydrogen (secondary N) is 1. The molecule has 0 aromatic carbocycles. The largest absolute Gasteiger partial charge is 0.353 e. The summed E-state index contributed by atoms with van der Waals surface area (Å²) in [7, 11) is 2.08. The van der Waals surface area contributed by atoms with E-state index in [1.165, 1.54) is 5.69 Å². The zero-order valence-electron chi connectivity index (χ0n) is 14.6. The molecular weight excluding hydrogens is 304 g/mol. The molecule has 130 valence electrons. The number of piperidine rings is 1. The topological polar surface area (TPSA) is 68.0 Å². The van der Waals surface area contributed by atoms with Crippen molar-refractivity contribution in [3.05, 3.63) is 35.9 Å². The average molecular weight is 330 g/mol. The van der Waals surface area contributed by atoms with Gasteiger partial charge in [-0.3, -0.25) is 9.69 Å². The van der Waals surface area contributed by atoms with Crippen molar-refractivity contribution in [3.8, 4) is 0 Å². The summed E-state index contributed by atoms with van der Waals surface area (Å²) >= 11 is 0. The van der Waals surface area contributed by atoms with E-state index in [0.29, 0.717) is 5.69 Å². The highest BCUT2D eigenvalue weighted by Crippen LogP contribution is 2.22. The number of nitrogens with zero attached hydrogens (tertiary/aromatic N) is 5. The van der Waals surface area contributed by atoms with Crippen LogP contribution in [0.15, 0.2) is 24.5 Å². The summed E-state index contributed by atoms with van der Waals surface area (Å²) in [6.45, 7) is 6.84. The molecular formula is C17H26N6O. The molecule has 0 saturated carbocycles. The second-order valence-electron chi connectivity index (χ2n) is 6.85. The molecule has 2 aromatic heterocycles. The first-order valence-electron chi connectivity index (χ1n) is 8.58. The maximum atomic E-state index is 12.0. The van der Waals surface area contributed by atoms with Crippen LogP contribution in [0.2, 0.25) is 0 Å². The normalized spacial score (nSPS) is 18.9. The summed E-state index contributed by atoms with van der Waals surface area (Å²) in [5.41, 5.74) is 1.70. The third kappa shape index (κ3) is 3.84. The van der Waals surface area contributed by atoms with Crippen LogP contribution in [0.25, 0.3) is 0 Å². The molecule has 0 spiro atoms. The molecule has 1 unspecified atom stereocenters. The summed E-state index contributed by atoms with van der Waals surface area (Å²) in [6, 6.07) is 4.60. The summed E-state index contributed by atoms with van der Waals surface area (Å²) in [5.74, 6) is -0.160. The Morgan fingerprint density at radius 1 is 1.46 bits per heavy atom. The van der Waals surface area contributed by atoms with Crippen LogP contribution in [0.1, 0.15) is 48.9 Å². The minimum absolute atomic E-state index is 0.0955. The zero-order valence-corrected chi connectivity index (χ0v) is 14.6. The van der Waals surface area contributed by atoms with Gasteiger partial charge >= 0.3 is 0 Å². The van der Waals surface area contributed by atoms with E-state index in [9.17, 15) is 4.79 Å². The zero-order chi connectivity index (χ0) is 17.1. The summed E-state index contributed by atoms with van der Waals surface area (Å²) in [4.78, 5) is 14.5. The van der Waals surface area contributed by atoms with Crippen molar-refractivity contribution in [2.24, 2.45) is 7.05 Å². The first-order valence-corrected chi connectivity index (χ1v) is 8.58. The van der Waals surface area contributed by atoms with Gasteiger partial charge < -0.3 is 9.88 Å². The van der Waals surface area contributed by atoms with Crippen molar-refractivity contribution in [3.63, 3.8) is 0 Å². The number of hydrogen-bond acceptors (Lipinski definition) is 4. The van der Waals surface area contributed by atoms with Gasteiger partial charge in [-0.15, -0.1) is 5.10 Å². The van der Waals surface area contributed by atoms with Crippen molar-refractivity contribution >= 4 is 5.91 Å². The van der Waals surface area contributed by atoms with Gasteiger partial charge in [-0.1, -0.05) is 5.21 Å². The van der Waals surface area contributed by atoms with Crippen LogP contribution in [-0.4, -0.2) is 49.5 Å². The van der Waals surface area contributed by atoms with Gasteiger partial charge in [0, 0.05) is 38.1 Å². The number of aryl methyl sites for hydroxylation is 1. The quantitative estimate of drug-likeness (QED) is 0.904. The van der Waals surface area contributed by atoms with Gasteiger partial charge in [-0.25, -0.2) is 4.68 Å². The fourth-order valence-electron chi connectivity index (χ4n) is 3.18. The fraction of sp³-hybridized carbons (Fsp3) is 0.588. The van der Waals surface area contributed by atoms with Crippen molar-refractivity contribution in [1.82, 2.24) is 29.8 Å². The third-order valence-electron chi connectivity index (χ3n) is 4.45. The number of amides is 1. The molecule has 7 heteroatoms. The van der Waals surface area contributed by atoms with Gasteiger partial charge in [0.15, 0.2) is 5.69 Å². The second-order valence-corrected chi connectivity index (χ2v) is 6.85. The van der Waals surface area contributed by atoms with Crippen LogP contribution in [0.5, 0.6) is 0 Å². The van der Waals surface area contributed by atoms with E-state index >= 15 is 0 Å². The van der Waals surface area contributed by atoms with Gasteiger partial charge in [-0.2, -0.15) is 0 Å². The Morgan fingerprint density at radius 2 is 2.29 bits per heavy atom. The monoisotopic (exact) mass is 330 g/mol. The molecule has 3 rings (SSSR count). The number of carbonyl (C=O) groups is 1. The minimum Gasteiger partial charge on any atom is -0.353 e. The van der Waals surface area contributed by atoms with Crippen molar-refractivity contribution in [2.45, 2.75) is 45.3 Å². The molecule has 2 aromatic rings. The van der Waals surface area contributed by atoms with E-state index in [-0.39, 0.29) is 18.0 Å². The maximum Gasteiger partial charge on any atom is 0.273 e. The number of rotatable bonds is 5. The van der Waals surface area contributed by atoms with E-state index in [0.717, 1.165) is 32.5 Å². The predicted molar refractivity (Wildman–Crippen MR) is 91.6 cm³/mol. The lowest BCUT2D eigenvalue weighted by atomic mass is 10.1. The SMILES string of the molecule is CC(C)NC(=O)c1cn(C2CCCN(Cc3cccn3C)C2)nn1. The molecule has 7 nitrogen and oxygen atoms in total. The standard InChI is InChI=1S/C17H26N6O/c1-13(2)18-17(24)16-12-23(20-19-16)15-7-5-9-22(11-15)10-14-6-4-8-21(14)3/h4,6,8,12-13,15H,5,7,9-11H2,1-3H3,(H,18,24). The Labute approximate surface area is 142 Å². The summed E-state index contributed by atoms with van der Waals surface area (Å²) in [6.07, 6.45) is 6.04. The average Bonchev–Trinajstić information content (AvgIpc) is 3.17. The predicted octanol–water partition coefficient (Wildman–Crippen LogP) is 1.59. The smallest absolute Gasteiger partial charge is 0.273 e. The van der Waals surface area contributed by atoms with Crippen LogP contribution >= 0.6 is 0 Å². The van der Waals surface area contributed by atoms with Crippen molar-refractivity contribution in [1.29, 1.82) is 0 Å². The summed E-state index contributed by atoms with van der Waals surface area (Å²) < 4.78 is 4.01. The highest BCUT2D eigenvalue weighted by Gasteiger charge is 2.24. The first kappa shape index (κ1) is 16.7. The Morgan fingerprint density at radius 3 is 3.00 bits per heavy atom. The number of hydrogen-bond donors (Lipinski definition) is 1. The Kier molecular flexibility index (Phi) is 4.99. The van der Waals surface area contributed by atoms with Gasteiger partial charge in [0.2, 0.25) is 0 Å². The van der Waals surface area contributed by atoms with Gasteiger partial charge in [0.25, 0.3) is 5.91 Å². The number of likely N-dealkylation sites (tertiary alicyclic amines) is 1. The third-order valence-corrected chi connectivity index (χ3v) is 4.45. The molecule has 1 aliphatic rings. The molecule has 0 bridgehead atoms. The van der Waals surface area contributed by atoms with Crippen molar-refractivity contribution < 1.29 is 4.79 Å². The molecule has 1 saturated heterocycles. The van der Waals surface area contributed by atoms with E-state index in [1.807, 2.05) is 18.5 Å². The first-order chi connectivity index (χ1) is 11.5. The lowest BCUT2D eigenvalue weighted by Gasteiger charge is -2.32. The van der Waals surface area contributed by atoms with E-state index in [1.54, 1.807) is 6.20 Å². The van der Waals surface area contributed by atoms with Gasteiger partial charge in [0.05, 0.1) is 12.2 Å². The molecule has 3 heterocycles. The molecule has 0 aliphatic carbocycles. The van der Waals surface area contributed by atoms with Crippen LogP contribution in [0.4, 0.5) is 0 Å². The van der Waals surface area contributed by atoms with Gasteiger partial charge in [0.1, 0.15) is 0 Å². The van der Waals surface area contributed by atoms with Crippen LogP contribution in [0, 0.1) is 0 Å². The fourth-order valence-corrected chi connectivity index (χ4v) is 3.18. The number of carbonyl (C=O) groups excluding carboxylic acids is 1. The maximum absolute atomic E-state index is 12.0. The molecule has 1 atom stereocenters. The Bertz CT molecular complexity index is 689. The Balaban J connectivity index is 1.63. The van der Waals surface area contributed by atoms with E-state index in [2.05, 4.69) is 50.5 Å². The molecule has 1 fully saturated rings. The molecule has 1 amide bonds. The molecule has 1 N–H and O–H groups in total. The lowest BCUT2D eigenvalue weighted by Crippen LogP contribution is -2.36. The molecule has 0 radical (unpaired) electrons. The molecule has 24 heavy (non-hydrogen) atoms. The highest BCUT2D eigenvalue weighted by molar-refractivity contribution is 5.91. The van der Waals surface area contributed by atoms with E-state index < -0.39 is 0 Å². The highest BCUT2D eigenvalue weighted by atomic mass is 16.2. The second kappa shape index (κ2) is 7.17. The van der Waals surface area contributed by atoms with E-state index in [4.69, 9.17) is 0 Å². The van der Waals surface area contributed by atoms with Crippen LogP contribution in [-0.2, 0) is 13.6 Å². The van der Waals surface area contributed by atoms with Crippen LogP contribution in [0.3, 0.4) is 0 Å². The Hall–Kier alpha value is -2.15. The summed E-state index contributed by atoms with van der Waals surface area (Å²) in [5, 5.41) is 11.1. The van der Waals surface area contributed by atoms with Crippen LogP contribution < -0.4 is 5.32 Å². The minimum atomic E-state index is -0.160. The van der Waals surface area contributed by atoms with Gasteiger partial charge in [-0.05, 0) is 45.4 Å². The molecule has 1 aliphatic heterocycles. The van der Waals surface area contributed by atoms with Crippen molar-refractivity contribution in [2.75, 3.05) is 13.1 Å². The lowest BCUT2D eigenvalue weighted by molar-refractivity contribution is 0.0938.